The highest BCUT2D eigenvalue weighted by Crippen LogP contribution is 2.24. The molecule has 1 aromatic rings. The summed E-state index contributed by atoms with van der Waals surface area (Å²) in [5.41, 5.74) is 0. The van der Waals surface area contributed by atoms with Gasteiger partial charge in [0.1, 0.15) is 11.6 Å². The number of fused-ring (bicyclic) bond motifs is 1. The van der Waals surface area contributed by atoms with E-state index in [1.54, 1.807) is 0 Å². The number of nitrogens with zero attached hydrogens (tertiary/aromatic N) is 3. The van der Waals surface area contributed by atoms with Crippen LogP contribution in [0.3, 0.4) is 0 Å². The molecule has 2 aliphatic rings. The van der Waals surface area contributed by atoms with Gasteiger partial charge in [0.05, 0.1) is 5.75 Å². The van der Waals surface area contributed by atoms with Crippen molar-refractivity contribution in [1.29, 1.82) is 0 Å². The first kappa shape index (κ1) is 7.82. The molecule has 0 atom stereocenters. The summed E-state index contributed by atoms with van der Waals surface area (Å²) in [6, 6.07) is 0. The Morgan fingerprint density at radius 3 is 3.08 bits per heavy atom. The number of hydrogen-bond donors (Lipinski definition) is 1. The van der Waals surface area contributed by atoms with Crippen molar-refractivity contribution in [2.24, 2.45) is 0 Å². The van der Waals surface area contributed by atoms with Crippen molar-refractivity contribution in [3.8, 4) is 0 Å². The fourth-order valence-electron chi connectivity index (χ4n) is 1.79. The molecule has 0 radical (unpaired) electrons. The van der Waals surface area contributed by atoms with Crippen LogP contribution < -0.4 is 5.32 Å². The van der Waals surface area contributed by atoms with Gasteiger partial charge in [-0.2, -0.15) is 11.8 Å². The summed E-state index contributed by atoms with van der Waals surface area (Å²) < 4.78 is 2.31. The van der Waals surface area contributed by atoms with E-state index in [2.05, 4.69) is 20.1 Å². The molecule has 5 heteroatoms. The van der Waals surface area contributed by atoms with Crippen LogP contribution in [0.2, 0.25) is 0 Å². The fraction of sp³-hybridized carbons (Fsp3) is 0.750. The summed E-state index contributed by atoms with van der Waals surface area (Å²) in [5, 5.41) is 11.8. The maximum Gasteiger partial charge on any atom is 0.143 e. The molecule has 1 fully saturated rings. The van der Waals surface area contributed by atoms with E-state index in [4.69, 9.17) is 0 Å². The molecule has 0 saturated carbocycles. The van der Waals surface area contributed by atoms with Gasteiger partial charge in [0.15, 0.2) is 0 Å². The zero-order chi connectivity index (χ0) is 8.67. The Hall–Kier alpha value is -0.550. The molecule has 4 nitrogen and oxygen atoms in total. The molecule has 0 unspecified atom stereocenters. The van der Waals surface area contributed by atoms with E-state index in [-0.39, 0.29) is 0 Å². The zero-order valence-electron chi connectivity index (χ0n) is 7.36. The van der Waals surface area contributed by atoms with Gasteiger partial charge in [-0.05, 0) is 0 Å². The van der Waals surface area contributed by atoms with Crippen LogP contribution in [0, 0.1) is 0 Å². The third kappa shape index (κ3) is 1.18. The number of nitrogens with one attached hydrogen (secondary N) is 1. The second-order valence-electron chi connectivity index (χ2n) is 3.53. The highest BCUT2D eigenvalue weighted by atomic mass is 32.2. The molecule has 2 aliphatic heterocycles. The quantitative estimate of drug-likeness (QED) is 0.697. The topological polar surface area (TPSA) is 42.7 Å². The van der Waals surface area contributed by atoms with Crippen LogP contribution in [0.4, 0.5) is 0 Å². The monoisotopic (exact) mass is 196 g/mol. The third-order valence-corrected chi connectivity index (χ3v) is 3.63. The lowest BCUT2D eigenvalue weighted by Gasteiger charge is -2.27. The molecule has 0 bridgehead atoms. The Labute approximate surface area is 81.1 Å². The molecule has 3 heterocycles. The maximum atomic E-state index is 4.28. The molecular weight excluding hydrogens is 184 g/mol. The molecule has 0 spiro atoms. The molecule has 13 heavy (non-hydrogen) atoms. The van der Waals surface area contributed by atoms with Gasteiger partial charge in [0.2, 0.25) is 0 Å². The maximum absolute atomic E-state index is 4.28. The lowest BCUT2D eigenvalue weighted by molar-refractivity contribution is 0.414. The fourth-order valence-corrected chi connectivity index (χ4v) is 2.64. The Kier molecular flexibility index (Phi) is 1.80. The van der Waals surface area contributed by atoms with Crippen molar-refractivity contribution in [3.63, 3.8) is 0 Å². The highest BCUT2D eigenvalue weighted by molar-refractivity contribution is 7.98. The minimum atomic E-state index is 0.615. The molecule has 0 amide bonds. The Balaban J connectivity index is 1.95. The third-order valence-electron chi connectivity index (χ3n) is 2.69. The van der Waals surface area contributed by atoms with Gasteiger partial charge in [0, 0.05) is 31.3 Å². The molecule has 1 aromatic heterocycles. The number of aromatic nitrogens is 3. The van der Waals surface area contributed by atoms with Crippen LogP contribution >= 0.6 is 11.8 Å². The van der Waals surface area contributed by atoms with Crippen LogP contribution in [0.25, 0.3) is 0 Å². The number of hydrogen-bond acceptors (Lipinski definition) is 4. The SMILES string of the molecule is C1Cn2c(nnc2C2CNC2)CS1. The first-order valence-electron chi connectivity index (χ1n) is 4.65. The van der Waals surface area contributed by atoms with Gasteiger partial charge in [-0.1, -0.05) is 0 Å². The Morgan fingerprint density at radius 2 is 2.31 bits per heavy atom. The molecule has 70 valence electrons. The second kappa shape index (κ2) is 2.99. The zero-order valence-corrected chi connectivity index (χ0v) is 8.18. The average Bonchev–Trinajstić information content (AvgIpc) is 2.47. The summed E-state index contributed by atoms with van der Waals surface area (Å²) in [4.78, 5) is 0. The van der Waals surface area contributed by atoms with Gasteiger partial charge < -0.3 is 9.88 Å². The van der Waals surface area contributed by atoms with Crippen molar-refractivity contribution in [2.75, 3.05) is 18.8 Å². The van der Waals surface area contributed by atoms with Crippen LogP contribution in [0.1, 0.15) is 17.6 Å². The molecular formula is C8H12N4S. The van der Waals surface area contributed by atoms with Gasteiger partial charge in [0.25, 0.3) is 0 Å². The predicted octanol–water partition coefficient (Wildman–Crippen LogP) is 0.212. The number of rotatable bonds is 1. The van der Waals surface area contributed by atoms with Gasteiger partial charge in [-0.25, -0.2) is 0 Å². The van der Waals surface area contributed by atoms with E-state index in [1.165, 1.54) is 11.6 Å². The summed E-state index contributed by atoms with van der Waals surface area (Å²) >= 11 is 1.95. The first-order valence-corrected chi connectivity index (χ1v) is 5.81. The molecule has 0 aromatic carbocycles. The first-order chi connectivity index (χ1) is 6.45. The highest BCUT2D eigenvalue weighted by Gasteiger charge is 2.26. The molecule has 0 aliphatic carbocycles. The normalized spacial score (nSPS) is 22.5. The summed E-state index contributed by atoms with van der Waals surface area (Å²) in [5.74, 6) is 5.22. The molecule has 3 rings (SSSR count). The average molecular weight is 196 g/mol. The van der Waals surface area contributed by atoms with Crippen molar-refractivity contribution in [1.82, 2.24) is 20.1 Å². The van der Waals surface area contributed by atoms with Crippen molar-refractivity contribution in [2.45, 2.75) is 18.2 Å². The van der Waals surface area contributed by atoms with Crippen LogP contribution in [0.15, 0.2) is 0 Å². The summed E-state index contributed by atoms with van der Waals surface area (Å²) in [6.45, 7) is 3.25. The predicted molar refractivity (Wildman–Crippen MR) is 51.8 cm³/mol. The van der Waals surface area contributed by atoms with Crippen LogP contribution in [0.5, 0.6) is 0 Å². The summed E-state index contributed by atoms with van der Waals surface area (Å²) in [7, 11) is 0. The van der Waals surface area contributed by atoms with Gasteiger partial charge >= 0.3 is 0 Å². The summed E-state index contributed by atoms with van der Waals surface area (Å²) in [6.07, 6.45) is 0. The Bertz CT molecular complexity index is 318. The van der Waals surface area contributed by atoms with E-state index < -0.39 is 0 Å². The smallest absolute Gasteiger partial charge is 0.143 e. The minimum absolute atomic E-state index is 0.615. The van der Waals surface area contributed by atoms with E-state index >= 15 is 0 Å². The second-order valence-corrected chi connectivity index (χ2v) is 4.64. The van der Waals surface area contributed by atoms with Gasteiger partial charge in [-0.3, -0.25) is 0 Å². The minimum Gasteiger partial charge on any atom is -0.315 e. The van der Waals surface area contributed by atoms with E-state index in [9.17, 15) is 0 Å². The van der Waals surface area contributed by atoms with Crippen LogP contribution in [-0.2, 0) is 12.3 Å². The van der Waals surface area contributed by atoms with Crippen molar-refractivity contribution < 1.29 is 0 Å². The Morgan fingerprint density at radius 1 is 1.38 bits per heavy atom. The van der Waals surface area contributed by atoms with Crippen LogP contribution in [-0.4, -0.2) is 33.6 Å². The van der Waals surface area contributed by atoms with Crippen molar-refractivity contribution in [3.05, 3.63) is 11.6 Å². The van der Waals surface area contributed by atoms with E-state index in [0.29, 0.717) is 5.92 Å². The molecule has 1 N–H and O–H groups in total. The standard InChI is InChI=1S/C8H12N4S/c1-2-13-5-7-10-11-8(12(1)7)6-3-9-4-6/h6,9H,1-5H2. The lowest BCUT2D eigenvalue weighted by atomic mass is 10.0. The largest absolute Gasteiger partial charge is 0.315 e. The number of thioether (sulfide) groups is 1. The molecule has 1 saturated heterocycles. The van der Waals surface area contributed by atoms with Gasteiger partial charge in [-0.15, -0.1) is 10.2 Å². The lowest BCUT2D eigenvalue weighted by Crippen LogP contribution is -2.41. The van der Waals surface area contributed by atoms with Crippen molar-refractivity contribution >= 4 is 11.8 Å². The van der Waals surface area contributed by atoms with E-state index in [1.807, 2.05) is 11.8 Å². The van der Waals surface area contributed by atoms with E-state index in [0.717, 1.165) is 31.2 Å².